The van der Waals surface area contributed by atoms with E-state index in [1.165, 1.54) is 0 Å². The molecule has 0 amide bonds. The van der Waals surface area contributed by atoms with Crippen molar-refractivity contribution in [3.8, 4) is 0 Å². The largest absolute Gasteiger partial charge is 0.478 e. The molecule has 1 heterocycles. The van der Waals surface area contributed by atoms with Gasteiger partial charge in [0.25, 0.3) is 0 Å². The zero-order chi connectivity index (χ0) is 15.8. The molecular weight excluding hydrogens is 264 g/mol. The van der Waals surface area contributed by atoms with Gasteiger partial charge in [-0.05, 0) is 48.6 Å². The van der Waals surface area contributed by atoms with Crippen LogP contribution in [0.4, 0.5) is 0 Å². The molecule has 0 atom stereocenters. The zero-order valence-corrected chi connectivity index (χ0v) is 13.2. The fraction of sp³-hybridized carbons (Fsp3) is 0.471. The number of aromatic nitrogens is 1. The Morgan fingerprint density at radius 1 is 1.33 bits per heavy atom. The molecule has 4 heteroatoms. The number of benzene rings is 1. The predicted molar refractivity (Wildman–Crippen MR) is 86.0 cm³/mol. The van der Waals surface area contributed by atoms with Gasteiger partial charge in [0.2, 0.25) is 0 Å². The number of rotatable bonds is 4. The quantitative estimate of drug-likeness (QED) is 0.908. The number of carboxylic acids is 1. The zero-order valence-electron chi connectivity index (χ0n) is 13.2. The molecule has 3 N–H and O–H groups in total. The van der Waals surface area contributed by atoms with E-state index < -0.39 is 5.97 Å². The fourth-order valence-electron chi connectivity index (χ4n) is 2.81. The molecule has 4 nitrogen and oxygen atoms in total. The minimum absolute atomic E-state index is 0.116. The molecule has 21 heavy (non-hydrogen) atoms. The van der Waals surface area contributed by atoms with Gasteiger partial charge in [-0.15, -0.1) is 0 Å². The SMILES string of the molecule is CCn1cc(CCN)c2cc(C(=O)O)cc(C(C)(C)C)c21. The van der Waals surface area contributed by atoms with Gasteiger partial charge in [0.05, 0.1) is 11.1 Å². The summed E-state index contributed by atoms with van der Waals surface area (Å²) in [6.07, 6.45) is 2.87. The van der Waals surface area contributed by atoms with Gasteiger partial charge in [-0.2, -0.15) is 0 Å². The Hall–Kier alpha value is -1.81. The lowest BCUT2D eigenvalue weighted by atomic mass is 9.84. The van der Waals surface area contributed by atoms with Crippen LogP contribution in [0, 0.1) is 0 Å². The first-order valence-electron chi connectivity index (χ1n) is 7.39. The summed E-state index contributed by atoms with van der Waals surface area (Å²) in [5.74, 6) is -0.884. The molecule has 0 aliphatic rings. The monoisotopic (exact) mass is 288 g/mol. The number of nitrogens with two attached hydrogens (primary N) is 1. The van der Waals surface area contributed by atoms with Crippen LogP contribution in [0.25, 0.3) is 10.9 Å². The van der Waals surface area contributed by atoms with E-state index >= 15 is 0 Å². The summed E-state index contributed by atoms with van der Waals surface area (Å²) in [4.78, 5) is 11.4. The summed E-state index contributed by atoms with van der Waals surface area (Å²) < 4.78 is 2.20. The van der Waals surface area contributed by atoms with Gasteiger partial charge in [0.15, 0.2) is 0 Å². The topological polar surface area (TPSA) is 68.2 Å². The molecule has 0 saturated heterocycles. The van der Waals surface area contributed by atoms with Gasteiger partial charge in [0.1, 0.15) is 0 Å². The first-order chi connectivity index (χ1) is 9.79. The lowest BCUT2D eigenvalue weighted by Crippen LogP contribution is -2.15. The second kappa shape index (κ2) is 5.53. The molecule has 0 saturated carbocycles. The molecule has 0 fully saturated rings. The molecule has 0 unspecified atom stereocenters. The van der Waals surface area contributed by atoms with E-state index in [2.05, 4.69) is 38.5 Å². The lowest BCUT2D eigenvalue weighted by molar-refractivity contribution is 0.0697. The highest BCUT2D eigenvalue weighted by molar-refractivity contribution is 5.97. The van der Waals surface area contributed by atoms with Crippen molar-refractivity contribution in [2.24, 2.45) is 5.73 Å². The third-order valence-corrected chi connectivity index (χ3v) is 3.86. The maximum atomic E-state index is 11.4. The normalized spacial score (nSPS) is 12.0. The van der Waals surface area contributed by atoms with Gasteiger partial charge in [0, 0.05) is 18.1 Å². The van der Waals surface area contributed by atoms with Gasteiger partial charge >= 0.3 is 5.97 Å². The lowest BCUT2D eigenvalue weighted by Gasteiger charge is -2.22. The minimum atomic E-state index is -0.884. The van der Waals surface area contributed by atoms with Crippen LogP contribution in [0.1, 0.15) is 49.2 Å². The van der Waals surface area contributed by atoms with Crippen LogP contribution in [0.2, 0.25) is 0 Å². The molecule has 1 aromatic carbocycles. The summed E-state index contributed by atoms with van der Waals surface area (Å²) in [7, 11) is 0. The van der Waals surface area contributed by atoms with E-state index in [9.17, 15) is 9.90 Å². The molecule has 0 bridgehead atoms. The van der Waals surface area contributed by atoms with Crippen molar-refractivity contribution >= 4 is 16.9 Å². The molecule has 2 rings (SSSR count). The molecular formula is C17H24N2O2. The van der Waals surface area contributed by atoms with Crippen LogP contribution in [-0.4, -0.2) is 22.2 Å². The van der Waals surface area contributed by atoms with Crippen LogP contribution in [-0.2, 0) is 18.4 Å². The number of aryl methyl sites for hydroxylation is 1. The summed E-state index contributed by atoms with van der Waals surface area (Å²) in [5.41, 5.74) is 9.27. The highest BCUT2D eigenvalue weighted by Crippen LogP contribution is 2.34. The number of hydrogen-bond donors (Lipinski definition) is 2. The third kappa shape index (κ3) is 2.81. The van der Waals surface area contributed by atoms with Crippen molar-refractivity contribution in [2.75, 3.05) is 6.54 Å². The number of carboxylic acid groups (broad SMARTS) is 1. The second-order valence-corrected chi connectivity index (χ2v) is 6.45. The maximum Gasteiger partial charge on any atom is 0.335 e. The van der Waals surface area contributed by atoms with E-state index in [4.69, 9.17) is 5.73 Å². The summed E-state index contributed by atoms with van der Waals surface area (Å²) in [5, 5.41) is 10.4. The Morgan fingerprint density at radius 3 is 2.48 bits per heavy atom. The first kappa shape index (κ1) is 15.6. The van der Waals surface area contributed by atoms with E-state index in [1.807, 2.05) is 6.07 Å². The number of carbonyl (C=O) groups is 1. The van der Waals surface area contributed by atoms with E-state index in [1.54, 1.807) is 6.07 Å². The first-order valence-corrected chi connectivity index (χ1v) is 7.39. The van der Waals surface area contributed by atoms with Gasteiger partial charge in [-0.3, -0.25) is 0 Å². The summed E-state index contributed by atoms with van der Waals surface area (Å²) in [6, 6.07) is 3.59. The van der Waals surface area contributed by atoms with Crippen molar-refractivity contribution in [1.29, 1.82) is 0 Å². The van der Waals surface area contributed by atoms with Crippen LogP contribution < -0.4 is 5.73 Å². The van der Waals surface area contributed by atoms with Gasteiger partial charge in [-0.1, -0.05) is 20.8 Å². The minimum Gasteiger partial charge on any atom is -0.478 e. The fourth-order valence-corrected chi connectivity index (χ4v) is 2.81. The Labute approximate surface area is 125 Å². The Balaban J connectivity index is 2.88. The summed E-state index contributed by atoms with van der Waals surface area (Å²) in [6.45, 7) is 9.86. The average Bonchev–Trinajstić information content (AvgIpc) is 2.75. The van der Waals surface area contributed by atoms with E-state index in [-0.39, 0.29) is 5.41 Å². The Kier molecular flexibility index (Phi) is 4.10. The highest BCUT2D eigenvalue weighted by Gasteiger charge is 2.23. The molecule has 0 spiro atoms. The maximum absolute atomic E-state index is 11.4. The van der Waals surface area contributed by atoms with Gasteiger partial charge in [-0.25, -0.2) is 4.79 Å². The predicted octanol–water partition coefficient (Wildman–Crippen LogP) is 3.16. The van der Waals surface area contributed by atoms with Crippen molar-refractivity contribution in [3.63, 3.8) is 0 Å². The van der Waals surface area contributed by atoms with Crippen molar-refractivity contribution in [2.45, 2.75) is 46.1 Å². The van der Waals surface area contributed by atoms with Crippen LogP contribution in [0.3, 0.4) is 0 Å². The average molecular weight is 288 g/mol. The van der Waals surface area contributed by atoms with Crippen LogP contribution in [0.15, 0.2) is 18.3 Å². The van der Waals surface area contributed by atoms with E-state index in [0.29, 0.717) is 12.1 Å². The number of fused-ring (bicyclic) bond motifs is 1. The second-order valence-electron chi connectivity index (χ2n) is 6.45. The Bertz CT molecular complexity index is 678. The third-order valence-electron chi connectivity index (χ3n) is 3.86. The molecule has 0 radical (unpaired) electrons. The standard InChI is InChI=1S/C17H24N2O2/c1-5-19-10-11(6-7-18)13-8-12(16(20)21)9-14(15(13)19)17(2,3)4/h8-10H,5-7,18H2,1-4H3,(H,20,21). The van der Waals surface area contributed by atoms with Crippen molar-refractivity contribution in [3.05, 3.63) is 35.0 Å². The molecule has 0 aliphatic carbocycles. The molecule has 114 valence electrons. The van der Waals surface area contributed by atoms with Crippen molar-refractivity contribution < 1.29 is 9.90 Å². The van der Waals surface area contributed by atoms with Crippen molar-refractivity contribution in [1.82, 2.24) is 4.57 Å². The molecule has 2 aromatic rings. The number of hydrogen-bond acceptors (Lipinski definition) is 2. The molecule has 0 aliphatic heterocycles. The smallest absolute Gasteiger partial charge is 0.335 e. The number of aromatic carboxylic acids is 1. The van der Waals surface area contributed by atoms with Gasteiger partial charge < -0.3 is 15.4 Å². The summed E-state index contributed by atoms with van der Waals surface area (Å²) >= 11 is 0. The van der Waals surface area contributed by atoms with Crippen LogP contribution in [0.5, 0.6) is 0 Å². The number of nitrogens with zero attached hydrogens (tertiary/aromatic N) is 1. The highest BCUT2D eigenvalue weighted by atomic mass is 16.4. The Morgan fingerprint density at radius 2 is 2.00 bits per heavy atom. The van der Waals surface area contributed by atoms with E-state index in [0.717, 1.165) is 35.0 Å². The van der Waals surface area contributed by atoms with Crippen LogP contribution >= 0.6 is 0 Å². The molecule has 1 aromatic heterocycles.